The van der Waals surface area contributed by atoms with E-state index in [2.05, 4.69) is 135 Å². The first kappa shape index (κ1) is 63.9. The van der Waals surface area contributed by atoms with Crippen LogP contribution < -0.4 is 4.89 Å². The van der Waals surface area contributed by atoms with Crippen molar-refractivity contribution in [2.75, 3.05) is 54.1 Å². The maximum absolute atomic E-state index is 12.8. The number of allylic oxidation sites excluding steroid dienone is 20. The Morgan fingerprint density at radius 1 is 0.478 bits per heavy atom. The monoisotopic (exact) mass is 952 g/mol. The van der Waals surface area contributed by atoms with Gasteiger partial charge >= 0.3 is 5.97 Å². The molecule has 8 nitrogen and oxygen atoms in total. The summed E-state index contributed by atoms with van der Waals surface area (Å²) < 4.78 is 34.7. The third kappa shape index (κ3) is 53.7. The first-order valence-electron chi connectivity index (χ1n) is 26.3. The highest BCUT2D eigenvalue weighted by Gasteiger charge is 2.20. The Balaban J connectivity index is 4.28. The second-order valence-corrected chi connectivity index (χ2v) is 19.6. The average Bonchev–Trinajstić information content (AvgIpc) is 3.29. The van der Waals surface area contributed by atoms with Gasteiger partial charge in [-0.15, -0.1) is 0 Å². The molecule has 0 aliphatic heterocycles. The molecule has 0 amide bonds. The van der Waals surface area contributed by atoms with Gasteiger partial charge in [0.25, 0.3) is 7.82 Å². The number of quaternary nitrogens is 1. The average molecular weight is 952 g/mol. The molecule has 0 bridgehead atoms. The summed E-state index contributed by atoms with van der Waals surface area (Å²) in [4.78, 5) is 25.2. The Morgan fingerprint density at radius 2 is 0.866 bits per heavy atom. The van der Waals surface area contributed by atoms with Crippen LogP contribution in [0.4, 0.5) is 0 Å². The summed E-state index contributed by atoms with van der Waals surface area (Å²) in [5.41, 5.74) is 0. The molecule has 0 N–H and O–H groups in total. The number of rotatable bonds is 47. The Bertz CT molecular complexity index is 1480. The van der Waals surface area contributed by atoms with Crippen molar-refractivity contribution in [3.05, 3.63) is 122 Å². The van der Waals surface area contributed by atoms with Crippen molar-refractivity contribution in [3.8, 4) is 0 Å². The molecule has 0 heterocycles. The van der Waals surface area contributed by atoms with Crippen LogP contribution in [-0.2, 0) is 27.9 Å². The Morgan fingerprint density at radius 3 is 1.30 bits per heavy atom. The summed E-state index contributed by atoms with van der Waals surface area (Å²) in [6.07, 6.45) is 70.8. The number of phosphoric ester groups is 1. The lowest BCUT2D eigenvalue weighted by Crippen LogP contribution is -2.37. The summed E-state index contributed by atoms with van der Waals surface area (Å²) in [5.74, 6) is -0.374. The molecule has 0 aromatic rings. The van der Waals surface area contributed by atoms with Crippen LogP contribution in [0, 0.1) is 0 Å². The van der Waals surface area contributed by atoms with E-state index in [9.17, 15) is 14.3 Å². The van der Waals surface area contributed by atoms with E-state index >= 15 is 0 Å². The van der Waals surface area contributed by atoms with Gasteiger partial charge in [0, 0.05) is 13.0 Å². The maximum Gasteiger partial charge on any atom is 0.306 e. The summed E-state index contributed by atoms with van der Waals surface area (Å²) in [6, 6.07) is 0. The Labute approximate surface area is 412 Å². The van der Waals surface area contributed by atoms with Gasteiger partial charge in [-0.05, 0) is 109 Å². The highest BCUT2D eigenvalue weighted by Crippen LogP contribution is 2.38. The van der Waals surface area contributed by atoms with Gasteiger partial charge < -0.3 is 27.9 Å². The largest absolute Gasteiger partial charge is 0.756 e. The van der Waals surface area contributed by atoms with Crippen molar-refractivity contribution < 1.29 is 37.3 Å². The quantitative estimate of drug-likeness (QED) is 0.0197. The molecule has 0 aliphatic carbocycles. The van der Waals surface area contributed by atoms with Gasteiger partial charge in [0.1, 0.15) is 19.3 Å². The van der Waals surface area contributed by atoms with Crippen molar-refractivity contribution in [1.29, 1.82) is 0 Å². The predicted octanol–water partition coefficient (Wildman–Crippen LogP) is 15.9. The SMILES string of the molecule is CC/C=C\C/C=C\C/C=C\C/C=C\C/C=C\C/C=C\C/C=C\CCCCCC(=O)OC(COCCCCCCCCC/C=C\C/C=C\C/C=C\CCCCC)COP(=O)([O-])OCC[N+](C)(C)C. The first-order chi connectivity index (χ1) is 32.6. The number of ether oxygens (including phenoxy) is 2. The van der Waals surface area contributed by atoms with Crippen LogP contribution in [-0.4, -0.2) is 70.7 Å². The maximum atomic E-state index is 12.8. The fourth-order valence-electron chi connectivity index (χ4n) is 6.47. The van der Waals surface area contributed by atoms with Gasteiger partial charge in [0.2, 0.25) is 0 Å². The predicted molar refractivity (Wildman–Crippen MR) is 286 cm³/mol. The molecule has 2 unspecified atom stereocenters. The second-order valence-electron chi connectivity index (χ2n) is 18.1. The molecule has 0 aromatic carbocycles. The molecule has 0 aromatic heterocycles. The summed E-state index contributed by atoms with van der Waals surface area (Å²) in [5, 5.41) is 0. The minimum absolute atomic E-state index is 0.00947. The van der Waals surface area contributed by atoms with E-state index in [0.29, 0.717) is 24.1 Å². The fraction of sp³-hybridized carbons (Fsp3) is 0.638. The standard InChI is InChI=1S/C58H98NO7P/c1-6-8-10-12-14-16-18-20-22-24-26-28-29-30-31-32-33-35-37-39-41-43-45-47-49-51-58(60)66-57(56-65-67(61,62)64-54-52-59(3,4)5)55-63-53-50-48-46-44-42-40-38-36-34-27-25-23-21-19-17-15-13-11-9-7-2/h8,10,14-17,20-23,26-28,30-31,33-35,39,41,57H,6-7,9,11-13,18-19,24-25,29,32,36-38,40,42-56H2,1-5H3/b10-8-,16-14-,17-15-,22-20-,23-21-,28-26-,31-30-,34-27-,35-33-,41-39-. The molecule has 0 saturated heterocycles. The molecule has 2 atom stereocenters. The van der Waals surface area contributed by atoms with Gasteiger partial charge in [0.15, 0.2) is 0 Å². The number of carbonyl (C=O) groups is 1. The van der Waals surface area contributed by atoms with E-state index in [0.717, 1.165) is 103 Å². The lowest BCUT2D eigenvalue weighted by Gasteiger charge is -2.28. The van der Waals surface area contributed by atoms with E-state index in [1.807, 2.05) is 21.1 Å². The number of hydrogen-bond donors (Lipinski definition) is 0. The second kappa shape index (κ2) is 49.3. The van der Waals surface area contributed by atoms with Crippen LogP contribution in [0.25, 0.3) is 0 Å². The fourth-order valence-corrected chi connectivity index (χ4v) is 7.20. The summed E-state index contributed by atoms with van der Waals surface area (Å²) in [6.45, 7) is 5.17. The number of carbonyl (C=O) groups excluding carboxylic acids is 1. The molecular weight excluding hydrogens is 854 g/mol. The van der Waals surface area contributed by atoms with E-state index in [4.69, 9.17) is 18.5 Å². The molecular formula is C58H98NO7P. The molecule has 382 valence electrons. The smallest absolute Gasteiger partial charge is 0.306 e. The lowest BCUT2D eigenvalue weighted by atomic mass is 10.1. The third-order valence-electron chi connectivity index (χ3n) is 10.5. The van der Waals surface area contributed by atoms with Crippen LogP contribution in [0.3, 0.4) is 0 Å². The number of likely N-dealkylation sites (N-methyl/N-ethyl adjacent to an activating group) is 1. The van der Waals surface area contributed by atoms with E-state index < -0.39 is 13.9 Å². The van der Waals surface area contributed by atoms with Gasteiger partial charge in [-0.25, -0.2) is 0 Å². The van der Waals surface area contributed by atoms with E-state index in [-0.39, 0.29) is 32.2 Å². The van der Waals surface area contributed by atoms with Gasteiger partial charge in [-0.1, -0.05) is 187 Å². The molecule has 0 radical (unpaired) electrons. The number of nitrogens with zero attached hydrogens (tertiary/aromatic N) is 1. The number of unbranched alkanes of at least 4 members (excludes halogenated alkanes) is 13. The van der Waals surface area contributed by atoms with Crippen LogP contribution in [0.1, 0.15) is 181 Å². The van der Waals surface area contributed by atoms with Crippen molar-refractivity contribution in [1.82, 2.24) is 0 Å². The zero-order chi connectivity index (χ0) is 49.0. The van der Waals surface area contributed by atoms with Crippen molar-refractivity contribution in [3.63, 3.8) is 0 Å². The van der Waals surface area contributed by atoms with Crippen LogP contribution in [0.2, 0.25) is 0 Å². The first-order valence-corrected chi connectivity index (χ1v) is 27.7. The minimum atomic E-state index is -4.55. The van der Waals surface area contributed by atoms with Crippen molar-refractivity contribution >= 4 is 13.8 Å². The van der Waals surface area contributed by atoms with Crippen LogP contribution >= 0.6 is 7.82 Å². The molecule has 0 aliphatic rings. The highest BCUT2D eigenvalue weighted by atomic mass is 31.2. The zero-order valence-corrected chi connectivity index (χ0v) is 44.2. The lowest BCUT2D eigenvalue weighted by molar-refractivity contribution is -0.870. The molecule has 9 heteroatoms. The van der Waals surface area contributed by atoms with Gasteiger partial charge in [-0.3, -0.25) is 9.36 Å². The van der Waals surface area contributed by atoms with Crippen molar-refractivity contribution in [2.45, 2.75) is 187 Å². The zero-order valence-electron chi connectivity index (χ0n) is 43.3. The van der Waals surface area contributed by atoms with Gasteiger partial charge in [0.05, 0.1) is 34.4 Å². The molecule has 0 saturated carbocycles. The van der Waals surface area contributed by atoms with Crippen LogP contribution in [0.15, 0.2) is 122 Å². The van der Waals surface area contributed by atoms with E-state index in [1.165, 1.54) is 51.4 Å². The topological polar surface area (TPSA) is 94.1 Å². The molecule has 0 rings (SSSR count). The third-order valence-corrected chi connectivity index (χ3v) is 11.5. The molecule has 0 fully saturated rings. The molecule has 0 spiro atoms. The molecule has 67 heavy (non-hydrogen) atoms. The minimum Gasteiger partial charge on any atom is -0.756 e. The highest BCUT2D eigenvalue weighted by molar-refractivity contribution is 7.45. The Kier molecular flexibility index (Phi) is 47.0. The van der Waals surface area contributed by atoms with Gasteiger partial charge in [-0.2, -0.15) is 0 Å². The van der Waals surface area contributed by atoms with Crippen molar-refractivity contribution in [2.24, 2.45) is 0 Å². The summed E-state index contributed by atoms with van der Waals surface area (Å²) >= 11 is 0. The summed E-state index contributed by atoms with van der Waals surface area (Å²) in [7, 11) is 1.30. The number of phosphoric acid groups is 1. The normalized spacial score (nSPS) is 14.5. The van der Waals surface area contributed by atoms with Crippen LogP contribution in [0.5, 0.6) is 0 Å². The Hall–Kier alpha value is -3.10. The van der Waals surface area contributed by atoms with E-state index in [1.54, 1.807) is 0 Å². The number of hydrogen-bond acceptors (Lipinski definition) is 7. The number of esters is 1.